The van der Waals surface area contributed by atoms with Crippen LogP contribution in [-0.4, -0.2) is 54.8 Å². The molecule has 2 aromatic rings. The fourth-order valence-electron chi connectivity index (χ4n) is 3.03. The number of carbonyl (C=O) groups excluding carboxylic acids is 1. The summed E-state index contributed by atoms with van der Waals surface area (Å²) in [5.74, 6) is -1.45. The Balaban J connectivity index is 1.46. The van der Waals surface area contributed by atoms with Crippen molar-refractivity contribution in [1.29, 1.82) is 0 Å². The monoisotopic (exact) mass is 358 g/mol. The molecule has 2 aromatic carbocycles. The molecule has 26 heavy (non-hydrogen) atoms. The number of phenolic OH excluding ortho intramolecular Hbond substituents is 1. The first-order valence-electron chi connectivity index (χ1n) is 8.76. The van der Waals surface area contributed by atoms with Crippen molar-refractivity contribution in [1.82, 2.24) is 10.2 Å². The first-order chi connectivity index (χ1) is 12.6. The fraction of sp³-hybridized carbons (Fsp3) is 0.350. The van der Waals surface area contributed by atoms with Gasteiger partial charge in [0.25, 0.3) is 5.91 Å². The Morgan fingerprint density at radius 3 is 2.85 bits per heavy atom. The molecule has 2 N–H and O–H groups in total. The summed E-state index contributed by atoms with van der Waals surface area (Å²) in [7, 11) is 0. The lowest BCUT2D eigenvalue weighted by atomic mass is 10.1. The number of carbonyl (C=O) groups is 1. The summed E-state index contributed by atoms with van der Waals surface area (Å²) in [5, 5.41) is 11.9. The van der Waals surface area contributed by atoms with Gasteiger partial charge in [0.2, 0.25) is 0 Å². The molecule has 0 aromatic heterocycles. The molecule has 1 aliphatic heterocycles. The van der Waals surface area contributed by atoms with Crippen molar-refractivity contribution in [2.75, 3.05) is 32.8 Å². The minimum absolute atomic E-state index is 0.0838. The van der Waals surface area contributed by atoms with Crippen LogP contribution in [0.1, 0.15) is 15.9 Å². The van der Waals surface area contributed by atoms with Crippen molar-refractivity contribution in [3.8, 4) is 5.75 Å². The molecule has 0 saturated carbocycles. The Morgan fingerprint density at radius 2 is 2.08 bits per heavy atom. The van der Waals surface area contributed by atoms with Crippen LogP contribution in [0, 0.1) is 5.82 Å². The van der Waals surface area contributed by atoms with Crippen LogP contribution in [0.3, 0.4) is 0 Å². The van der Waals surface area contributed by atoms with Crippen LogP contribution in [0.15, 0.2) is 48.5 Å². The summed E-state index contributed by atoms with van der Waals surface area (Å²) >= 11 is 0. The van der Waals surface area contributed by atoms with Gasteiger partial charge in [-0.1, -0.05) is 30.3 Å². The molecule has 1 fully saturated rings. The van der Waals surface area contributed by atoms with E-state index >= 15 is 0 Å². The predicted molar refractivity (Wildman–Crippen MR) is 96.7 cm³/mol. The molecule has 5 nitrogen and oxygen atoms in total. The van der Waals surface area contributed by atoms with Gasteiger partial charge >= 0.3 is 0 Å². The summed E-state index contributed by atoms with van der Waals surface area (Å²) in [6.07, 6.45) is 0.849. The molecule has 0 spiro atoms. The normalized spacial score (nSPS) is 17.8. The minimum atomic E-state index is -0.739. The molecule has 0 aliphatic carbocycles. The minimum Gasteiger partial charge on any atom is -0.508 e. The standard InChI is InChI=1S/C20H23FN2O3/c21-19-12-16(24)6-7-18(19)20(25)22-13-17-14-23(10-11-26-17)9-8-15-4-2-1-3-5-15/h1-7,12,17,24H,8-11,13-14H2,(H,22,25). The van der Waals surface area contributed by atoms with Gasteiger partial charge in [0, 0.05) is 32.2 Å². The molecule has 1 unspecified atom stereocenters. The van der Waals surface area contributed by atoms with E-state index in [9.17, 15) is 14.3 Å². The quantitative estimate of drug-likeness (QED) is 0.831. The number of nitrogens with one attached hydrogen (secondary N) is 1. The Hall–Kier alpha value is -2.44. The van der Waals surface area contributed by atoms with Gasteiger partial charge in [-0.15, -0.1) is 0 Å². The zero-order chi connectivity index (χ0) is 18.4. The third kappa shape index (κ3) is 5.03. The van der Waals surface area contributed by atoms with E-state index in [-0.39, 0.29) is 17.4 Å². The van der Waals surface area contributed by atoms with Gasteiger partial charge < -0.3 is 15.2 Å². The molecular formula is C20H23FN2O3. The van der Waals surface area contributed by atoms with Crippen LogP contribution >= 0.6 is 0 Å². The van der Waals surface area contributed by atoms with E-state index in [1.165, 1.54) is 17.7 Å². The Bertz CT molecular complexity index is 739. The summed E-state index contributed by atoms with van der Waals surface area (Å²) in [6, 6.07) is 13.8. The van der Waals surface area contributed by atoms with Crippen molar-refractivity contribution < 1.29 is 19.0 Å². The second-order valence-electron chi connectivity index (χ2n) is 6.40. The highest BCUT2D eigenvalue weighted by molar-refractivity contribution is 5.94. The van der Waals surface area contributed by atoms with E-state index in [2.05, 4.69) is 22.3 Å². The Morgan fingerprint density at radius 1 is 1.27 bits per heavy atom. The number of nitrogens with zero attached hydrogens (tertiary/aromatic N) is 1. The maximum absolute atomic E-state index is 13.7. The second-order valence-corrected chi connectivity index (χ2v) is 6.40. The average Bonchev–Trinajstić information content (AvgIpc) is 2.66. The van der Waals surface area contributed by atoms with Gasteiger partial charge in [0.1, 0.15) is 11.6 Å². The van der Waals surface area contributed by atoms with Crippen LogP contribution in [0.4, 0.5) is 4.39 Å². The lowest BCUT2D eigenvalue weighted by Crippen LogP contribution is -2.48. The molecule has 1 atom stereocenters. The van der Waals surface area contributed by atoms with E-state index in [1.807, 2.05) is 18.2 Å². The zero-order valence-electron chi connectivity index (χ0n) is 14.5. The molecular weight excluding hydrogens is 335 g/mol. The molecule has 3 rings (SSSR count). The van der Waals surface area contributed by atoms with E-state index in [0.717, 1.165) is 32.1 Å². The highest BCUT2D eigenvalue weighted by Crippen LogP contribution is 2.15. The highest BCUT2D eigenvalue weighted by atomic mass is 19.1. The van der Waals surface area contributed by atoms with Gasteiger partial charge in [0.15, 0.2) is 0 Å². The molecule has 6 heteroatoms. The lowest BCUT2D eigenvalue weighted by Gasteiger charge is -2.33. The van der Waals surface area contributed by atoms with Crippen molar-refractivity contribution >= 4 is 5.91 Å². The van der Waals surface area contributed by atoms with E-state index in [0.29, 0.717) is 13.2 Å². The van der Waals surface area contributed by atoms with Crippen molar-refractivity contribution in [3.63, 3.8) is 0 Å². The van der Waals surface area contributed by atoms with Crippen LogP contribution in [0.25, 0.3) is 0 Å². The molecule has 1 saturated heterocycles. The summed E-state index contributed by atoms with van der Waals surface area (Å²) < 4.78 is 19.4. The maximum atomic E-state index is 13.7. The van der Waals surface area contributed by atoms with E-state index < -0.39 is 11.7 Å². The number of ether oxygens (including phenoxy) is 1. The van der Waals surface area contributed by atoms with Crippen molar-refractivity contribution in [2.45, 2.75) is 12.5 Å². The highest BCUT2D eigenvalue weighted by Gasteiger charge is 2.21. The Kier molecular flexibility index (Phi) is 6.20. The summed E-state index contributed by atoms with van der Waals surface area (Å²) in [4.78, 5) is 14.4. The summed E-state index contributed by atoms with van der Waals surface area (Å²) in [5.41, 5.74) is 1.21. The van der Waals surface area contributed by atoms with Gasteiger partial charge in [-0.3, -0.25) is 9.69 Å². The largest absolute Gasteiger partial charge is 0.508 e. The summed E-state index contributed by atoms with van der Waals surface area (Å²) in [6.45, 7) is 3.46. The molecule has 0 bridgehead atoms. The average molecular weight is 358 g/mol. The molecule has 0 radical (unpaired) electrons. The van der Waals surface area contributed by atoms with Crippen LogP contribution in [0.2, 0.25) is 0 Å². The third-order valence-corrected chi connectivity index (χ3v) is 4.47. The van der Waals surface area contributed by atoms with Crippen molar-refractivity contribution in [3.05, 3.63) is 65.5 Å². The van der Waals surface area contributed by atoms with Crippen LogP contribution < -0.4 is 5.32 Å². The van der Waals surface area contributed by atoms with Crippen molar-refractivity contribution in [2.24, 2.45) is 0 Å². The van der Waals surface area contributed by atoms with Crippen LogP contribution in [0.5, 0.6) is 5.75 Å². The number of hydrogen-bond donors (Lipinski definition) is 2. The number of benzene rings is 2. The molecule has 1 heterocycles. The molecule has 1 aliphatic rings. The Labute approximate surface area is 152 Å². The zero-order valence-corrected chi connectivity index (χ0v) is 14.5. The maximum Gasteiger partial charge on any atom is 0.254 e. The molecule has 1 amide bonds. The number of aromatic hydroxyl groups is 1. The van der Waals surface area contributed by atoms with Gasteiger partial charge in [-0.05, 0) is 24.1 Å². The second kappa shape index (κ2) is 8.78. The predicted octanol–water partition coefficient (Wildman–Crippen LogP) is 2.20. The van der Waals surface area contributed by atoms with E-state index in [1.54, 1.807) is 0 Å². The topological polar surface area (TPSA) is 61.8 Å². The molecule has 138 valence electrons. The van der Waals surface area contributed by atoms with Crippen LogP contribution in [-0.2, 0) is 11.2 Å². The first-order valence-corrected chi connectivity index (χ1v) is 8.76. The number of halogens is 1. The van der Waals surface area contributed by atoms with E-state index in [4.69, 9.17) is 4.74 Å². The number of morpholine rings is 1. The number of amides is 1. The lowest BCUT2D eigenvalue weighted by molar-refractivity contribution is -0.0259. The number of rotatable bonds is 6. The fourth-order valence-corrected chi connectivity index (χ4v) is 3.03. The number of hydrogen-bond acceptors (Lipinski definition) is 4. The SMILES string of the molecule is O=C(NCC1CN(CCc2ccccc2)CCO1)c1ccc(O)cc1F. The number of phenols is 1. The third-order valence-electron chi connectivity index (χ3n) is 4.47. The van der Waals surface area contributed by atoms with Gasteiger partial charge in [-0.2, -0.15) is 0 Å². The first kappa shape index (κ1) is 18.4. The van der Waals surface area contributed by atoms with Gasteiger partial charge in [0.05, 0.1) is 18.3 Å². The smallest absolute Gasteiger partial charge is 0.254 e. The van der Waals surface area contributed by atoms with Gasteiger partial charge in [-0.25, -0.2) is 4.39 Å².